The van der Waals surface area contributed by atoms with E-state index in [4.69, 9.17) is 0 Å². The molecule has 0 aromatic carbocycles. The molecule has 0 spiro atoms. The molecule has 1 aliphatic heterocycles. The van der Waals surface area contributed by atoms with Crippen molar-refractivity contribution in [1.29, 1.82) is 0 Å². The van der Waals surface area contributed by atoms with Crippen LogP contribution in [0.5, 0.6) is 0 Å². The van der Waals surface area contributed by atoms with Crippen molar-refractivity contribution in [2.75, 3.05) is 19.6 Å². The van der Waals surface area contributed by atoms with Crippen molar-refractivity contribution in [2.24, 2.45) is 5.92 Å². The molecule has 16 heavy (non-hydrogen) atoms. The summed E-state index contributed by atoms with van der Waals surface area (Å²) in [5.41, 5.74) is 0.568. The third-order valence-corrected chi connectivity index (χ3v) is 2.80. The van der Waals surface area contributed by atoms with Crippen LogP contribution in [0.1, 0.15) is 23.2 Å². The standard InChI is InChI=1S/C11H16N4O/c16-11(10-3-5-14-15-8-10)13-7-9-2-1-4-12-6-9/h3,5,8-9,12H,1-2,4,6-7H2,(H,13,16). The van der Waals surface area contributed by atoms with Gasteiger partial charge in [0, 0.05) is 6.54 Å². The van der Waals surface area contributed by atoms with Crippen LogP contribution in [0.15, 0.2) is 18.5 Å². The molecule has 1 amide bonds. The molecule has 5 heteroatoms. The molecule has 0 bridgehead atoms. The number of piperidine rings is 1. The Morgan fingerprint density at radius 3 is 3.19 bits per heavy atom. The quantitative estimate of drug-likeness (QED) is 0.764. The molecule has 2 heterocycles. The Hall–Kier alpha value is -1.49. The van der Waals surface area contributed by atoms with Crippen molar-refractivity contribution in [3.05, 3.63) is 24.0 Å². The lowest BCUT2D eigenvalue weighted by molar-refractivity contribution is 0.0944. The topological polar surface area (TPSA) is 66.9 Å². The van der Waals surface area contributed by atoms with Crippen molar-refractivity contribution in [3.8, 4) is 0 Å². The molecule has 2 rings (SSSR count). The largest absolute Gasteiger partial charge is 0.352 e. The third-order valence-electron chi connectivity index (χ3n) is 2.80. The Morgan fingerprint density at radius 1 is 1.56 bits per heavy atom. The number of amides is 1. The van der Waals surface area contributed by atoms with Gasteiger partial charge in [-0.1, -0.05) is 0 Å². The first kappa shape index (κ1) is 11.0. The highest BCUT2D eigenvalue weighted by atomic mass is 16.1. The maximum absolute atomic E-state index is 11.7. The molecule has 1 fully saturated rings. The van der Waals surface area contributed by atoms with E-state index in [-0.39, 0.29) is 5.91 Å². The van der Waals surface area contributed by atoms with Crippen LogP contribution < -0.4 is 10.6 Å². The summed E-state index contributed by atoms with van der Waals surface area (Å²) >= 11 is 0. The third kappa shape index (κ3) is 3.00. The van der Waals surface area contributed by atoms with Crippen LogP contribution >= 0.6 is 0 Å². The van der Waals surface area contributed by atoms with Crippen molar-refractivity contribution in [1.82, 2.24) is 20.8 Å². The Morgan fingerprint density at radius 2 is 2.50 bits per heavy atom. The van der Waals surface area contributed by atoms with Crippen molar-refractivity contribution in [3.63, 3.8) is 0 Å². The average molecular weight is 220 g/mol. The zero-order chi connectivity index (χ0) is 11.2. The van der Waals surface area contributed by atoms with Crippen molar-refractivity contribution in [2.45, 2.75) is 12.8 Å². The highest BCUT2D eigenvalue weighted by Crippen LogP contribution is 2.08. The molecule has 5 nitrogen and oxygen atoms in total. The highest BCUT2D eigenvalue weighted by molar-refractivity contribution is 5.93. The summed E-state index contributed by atoms with van der Waals surface area (Å²) in [6.07, 6.45) is 5.38. The van der Waals surface area contributed by atoms with Crippen molar-refractivity contribution >= 4 is 5.91 Å². The van der Waals surface area contributed by atoms with Gasteiger partial charge in [0.2, 0.25) is 0 Å². The number of hydrogen-bond acceptors (Lipinski definition) is 4. The molecule has 0 saturated carbocycles. The molecule has 0 aliphatic carbocycles. The summed E-state index contributed by atoms with van der Waals surface area (Å²) in [6, 6.07) is 1.67. The molecule has 1 aromatic rings. The summed E-state index contributed by atoms with van der Waals surface area (Å²) in [6.45, 7) is 2.82. The lowest BCUT2D eigenvalue weighted by Gasteiger charge is -2.22. The molecule has 2 N–H and O–H groups in total. The zero-order valence-corrected chi connectivity index (χ0v) is 9.15. The molecule has 1 saturated heterocycles. The molecule has 1 aliphatic rings. The smallest absolute Gasteiger partial charge is 0.252 e. The van der Waals surface area contributed by atoms with Crippen LogP contribution in [-0.2, 0) is 0 Å². The maximum Gasteiger partial charge on any atom is 0.252 e. The van der Waals surface area contributed by atoms with E-state index in [1.807, 2.05) is 0 Å². The number of nitrogens with one attached hydrogen (secondary N) is 2. The summed E-state index contributed by atoms with van der Waals surface area (Å²) in [5, 5.41) is 13.6. The molecular weight excluding hydrogens is 204 g/mol. The van der Waals surface area contributed by atoms with E-state index in [9.17, 15) is 4.79 Å². The Kier molecular flexibility index (Phi) is 3.82. The lowest BCUT2D eigenvalue weighted by atomic mass is 10.00. The van der Waals surface area contributed by atoms with Gasteiger partial charge in [0.15, 0.2) is 0 Å². The molecular formula is C11H16N4O. The van der Waals surface area contributed by atoms with E-state index in [1.54, 1.807) is 6.07 Å². The van der Waals surface area contributed by atoms with Gasteiger partial charge in [-0.3, -0.25) is 4.79 Å². The summed E-state index contributed by atoms with van der Waals surface area (Å²) < 4.78 is 0. The minimum absolute atomic E-state index is 0.0690. The van der Waals surface area contributed by atoms with E-state index in [1.165, 1.54) is 25.2 Å². The van der Waals surface area contributed by atoms with Gasteiger partial charge < -0.3 is 10.6 Å². The van der Waals surface area contributed by atoms with Gasteiger partial charge in [-0.2, -0.15) is 10.2 Å². The van der Waals surface area contributed by atoms with Gasteiger partial charge in [0.1, 0.15) is 0 Å². The highest BCUT2D eigenvalue weighted by Gasteiger charge is 2.14. The first-order valence-electron chi connectivity index (χ1n) is 5.62. The first-order valence-corrected chi connectivity index (χ1v) is 5.62. The zero-order valence-electron chi connectivity index (χ0n) is 9.15. The SMILES string of the molecule is O=C(NCC1CCCNC1)c1ccnnc1. The molecule has 1 atom stereocenters. The van der Waals surface area contributed by atoms with E-state index < -0.39 is 0 Å². The normalized spacial score (nSPS) is 20.4. The summed E-state index contributed by atoms with van der Waals surface area (Å²) in [7, 11) is 0. The van der Waals surface area contributed by atoms with Crippen LogP contribution in [0.25, 0.3) is 0 Å². The van der Waals surface area contributed by atoms with E-state index in [0.717, 1.165) is 19.6 Å². The molecule has 1 unspecified atom stereocenters. The van der Waals surface area contributed by atoms with Crippen LogP contribution in [0.4, 0.5) is 0 Å². The van der Waals surface area contributed by atoms with Gasteiger partial charge in [-0.05, 0) is 37.9 Å². The molecule has 1 aromatic heterocycles. The first-order chi connectivity index (χ1) is 7.86. The second-order valence-corrected chi connectivity index (χ2v) is 4.05. The lowest BCUT2D eigenvalue weighted by Crippen LogP contribution is -2.38. The predicted molar refractivity (Wildman–Crippen MR) is 60.0 cm³/mol. The fraction of sp³-hybridized carbons (Fsp3) is 0.545. The predicted octanol–water partition coefficient (Wildman–Crippen LogP) is 0.206. The van der Waals surface area contributed by atoms with Gasteiger partial charge >= 0.3 is 0 Å². The Bertz CT molecular complexity index is 335. The van der Waals surface area contributed by atoms with Gasteiger partial charge in [-0.25, -0.2) is 0 Å². The number of rotatable bonds is 3. The summed E-state index contributed by atoms with van der Waals surface area (Å²) in [4.78, 5) is 11.7. The fourth-order valence-corrected chi connectivity index (χ4v) is 1.86. The van der Waals surface area contributed by atoms with Crippen molar-refractivity contribution < 1.29 is 4.79 Å². The maximum atomic E-state index is 11.7. The second-order valence-electron chi connectivity index (χ2n) is 4.05. The number of aromatic nitrogens is 2. The number of carbonyl (C=O) groups is 1. The van der Waals surface area contributed by atoms with Crippen LogP contribution in [0.3, 0.4) is 0 Å². The molecule has 0 radical (unpaired) electrons. The summed E-state index contributed by atoms with van der Waals surface area (Å²) in [5.74, 6) is 0.480. The number of hydrogen-bond donors (Lipinski definition) is 2. The number of carbonyl (C=O) groups excluding carboxylic acids is 1. The van der Waals surface area contributed by atoms with Gasteiger partial charge in [-0.15, -0.1) is 0 Å². The number of nitrogens with zero attached hydrogens (tertiary/aromatic N) is 2. The van der Waals surface area contributed by atoms with E-state index >= 15 is 0 Å². The van der Waals surface area contributed by atoms with Gasteiger partial charge in [0.05, 0.1) is 18.0 Å². The van der Waals surface area contributed by atoms with Crippen LogP contribution in [-0.4, -0.2) is 35.7 Å². The fourth-order valence-electron chi connectivity index (χ4n) is 1.86. The Labute approximate surface area is 94.6 Å². The average Bonchev–Trinajstić information content (AvgIpc) is 2.38. The minimum Gasteiger partial charge on any atom is -0.352 e. The van der Waals surface area contributed by atoms with E-state index in [0.29, 0.717) is 11.5 Å². The Balaban J connectivity index is 1.79. The van der Waals surface area contributed by atoms with Gasteiger partial charge in [0.25, 0.3) is 5.91 Å². The molecule has 86 valence electrons. The minimum atomic E-state index is -0.0690. The van der Waals surface area contributed by atoms with Crippen LogP contribution in [0, 0.1) is 5.92 Å². The second kappa shape index (κ2) is 5.55. The van der Waals surface area contributed by atoms with E-state index in [2.05, 4.69) is 20.8 Å². The monoisotopic (exact) mass is 220 g/mol. The van der Waals surface area contributed by atoms with Crippen LogP contribution in [0.2, 0.25) is 0 Å².